The average molecular weight is 254 g/mol. The number of aliphatic hydroxyl groups excluding tert-OH is 1. The average Bonchev–Trinajstić information content (AvgIpc) is 2.38. The molecule has 0 aliphatic carbocycles. The molecule has 0 spiro atoms. The van der Waals surface area contributed by atoms with E-state index in [2.05, 4.69) is 19.1 Å². The first kappa shape index (κ1) is 14.4. The van der Waals surface area contributed by atoms with Crippen LogP contribution in [-0.2, 0) is 6.42 Å². The monoisotopic (exact) mass is 254 g/mol. The van der Waals surface area contributed by atoms with Gasteiger partial charge in [0.25, 0.3) is 0 Å². The number of hydrogen-bond donors (Lipinski definition) is 1. The summed E-state index contributed by atoms with van der Waals surface area (Å²) in [5.74, 6) is 3.55. The summed E-state index contributed by atoms with van der Waals surface area (Å²) in [6, 6.07) is 8.11. The zero-order valence-corrected chi connectivity index (χ0v) is 11.5. The highest BCUT2D eigenvalue weighted by atomic mass is 32.2. The van der Waals surface area contributed by atoms with E-state index in [-0.39, 0.29) is 6.61 Å². The summed E-state index contributed by atoms with van der Waals surface area (Å²) >= 11 is 1.94. The fourth-order valence-electron chi connectivity index (χ4n) is 1.75. The van der Waals surface area contributed by atoms with Gasteiger partial charge in [0.05, 0.1) is 7.11 Å². The molecular formula is C14H22O2S. The molecule has 17 heavy (non-hydrogen) atoms. The molecule has 0 aliphatic rings. The van der Waals surface area contributed by atoms with Crippen LogP contribution in [-0.4, -0.2) is 30.3 Å². The minimum Gasteiger partial charge on any atom is -0.497 e. The first-order chi connectivity index (χ1) is 8.30. The normalized spacial score (nSPS) is 12.4. The smallest absolute Gasteiger partial charge is 0.118 e. The van der Waals surface area contributed by atoms with Gasteiger partial charge in [-0.2, -0.15) is 11.8 Å². The van der Waals surface area contributed by atoms with Crippen molar-refractivity contribution in [1.82, 2.24) is 0 Å². The van der Waals surface area contributed by atoms with Crippen molar-refractivity contribution in [3.05, 3.63) is 29.8 Å². The first-order valence-corrected chi connectivity index (χ1v) is 7.27. The van der Waals surface area contributed by atoms with Crippen LogP contribution in [0.4, 0.5) is 0 Å². The Hall–Kier alpha value is -0.670. The molecule has 96 valence electrons. The molecule has 0 aromatic heterocycles. The van der Waals surface area contributed by atoms with Crippen LogP contribution in [0.3, 0.4) is 0 Å². The molecule has 0 bridgehead atoms. The Labute approximate surface area is 108 Å². The summed E-state index contributed by atoms with van der Waals surface area (Å²) in [5, 5.41) is 9.35. The predicted molar refractivity (Wildman–Crippen MR) is 74.9 cm³/mol. The van der Waals surface area contributed by atoms with Crippen molar-refractivity contribution in [3.8, 4) is 5.75 Å². The van der Waals surface area contributed by atoms with Gasteiger partial charge in [0.2, 0.25) is 0 Å². The topological polar surface area (TPSA) is 29.5 Å². The largest absolute Gasteiger partial charge is 0.497 e. The highest BCUT2D eigenvalue weighted by Gasteiger charge is 2.08. The lowest BCUT2D eigenvalue weighted by Crippen LogP contribution is -2.10. The molecule has 0 radical (unpaired) electrons. The van der Waals surface area contributed by atoms with Crippen molar-refractivity contribution in [2.24, 2.45) is 5.92 Å². The molecule has 0 heterocycles. The molecule has 0 saturated carbocycles. The van der Waals surface area contributed by atoms with Crippen LogP contribution in [0.2, 0.25) is 0 Å². The van der Waals surface area contributed by atoms with Crippen molar-refractivity contribution in [2.75, 3.05) is 25.2 Å². The van der Waals surface area contributed by atoms with Crippen molar-refractivity contribution >= 4 is 11.8 Å². The Morgan fingerprint density at radius 1 is 1.29 bits per heavy atom. The lowest BCUT2D eigenvalue weighted by molar-refractivity contribution is 0.223. The van der Waals surface area contributed by atoms with E-state index in [4.69, 9.17) is 4.74 Å². The highest BCUT2D eigenvalue weighted by Crippen LogP contribution is 2.17. The number of thioether (sulfide) groups is 1. The number of ether oxygens (including phenoxy) is 1. The van der Waals surface area contributed by atoms with Crippen LogP contribution in [0, 0.1) is 5.92 Å². The van der Waals surface area contributed by atoms with E-state index in [1.54, 1.807) is 7.11 Å². The van der Waals surface area contributed by atoms with E-state index in [0.29, 0.717) is 5.92 Å². The Balaban J connectivity index is 2.43. The molecule has 1 aromatic rings. The number of hydrogen-bond acceptors (Lipinski definition) is 3. The van der Waals surface area contributed by atoms with Gasteiger partial charge in [-0.05, 0) is 48.0 Å². The number of benzene rings is 1. The Bertz CT molecular complexity index is 298. The maximum absolute atomic E-state index is 9.35. The highest BCUT2D eigenvalue weighted by molar-refractivity contribution is 7.99. The second kappa shape index (κ2) is 8.43. The molecule has 3 heteroatoms. The van der Waals surface area contributed by atoms with Gasteiger partial charge in [0, 0.05) is 6.61 Å². The van der Waals surface area contributed by atoms with Gasteiger partial charge >= 0.3 is 0 Å². The van der Waals surface area contributed by atoms with Crippen LogP contribution in [0.5, 0.6) is 5.75 Å². The predicted octanol–water partition coefficient (Wildman–Crippen LogP) is 2.99. The molecule has 0 aliphatic heterocycles. The van der Waals surface area contributed by atoms with E-state index in [1.807, 2.05) is 23.9 Å². The quantitative estimate of drug-likeness (QED) is 0.723. The van der Waals surface area contributed by atoms with E-state index in [1.165, 1.54) is 5.56 Å². The van der Waals surface area contributed by atoms with Crippen molar-refractivity contribution in [2.45, 2.75) is 19.8 Å². The standard InChI is InChI=1S/C14H22O2S/c1-3-17-9-8-13(11-15)10-12-4-6-14(16-2)7-5-12/h4-7,13,15H,3,8-11H2,1-2H3. The first-order valence-electron chi connectivity index (χ1n) is 6.11. The fourth-order valence-corrected chi connectivity index (χ4v) is 2.54. The van der Waals surface area contributed by atoms with Crippen LogP contribution < -0.4 is 4.74 Å². The van der Waals surface area contributed by atoms with E-state index in [0.717, 1.165) is 30.1 Å². The minimum atomic E-state index is 0.274. The van der Waals surface area contributed by atoms with Crippen LogP contribution in [0.15, 0.2) is 24.3 Å². The molecule has 1 rings (SSSR count). The van der Waals surface area contributed by atoms with E-state index >= 15 is 0 Å². The molecule has 0 fully saturated rings. The third-order valence-corrected chi connectivity index (χ3v) is 3.75. The van der Waals surface area contributed by atoms with Gasteiger partial charge in [-0.25, -0.2) is 0 Å². The lowest BCUT2D eigenvalue weighted by atomic mass is 9.98. The van der Waals surface area contributed by atoms with Crippen molar-refractivity contribution in [1.29, 1.82) is 0 Å². The number of rotatable bonds is 8. The molecule has 0 saturated heterocycles. The summed E-state index contributed by atoms with van der Waals surface area (Å²) in [4.78, 5) is 0. The van der Waals surface area contributed by atoms with Crippen LogP contribution in [0.25, 0.3) is 0 Å². The SMILES string of the molecule is CCSCCC(CO)Cc1ccc(OC)cc1. The maximum Gasteiger partial charge on any atom is 0.118 e. The second-order valence-electron chi connectivity index (χ2n) is 4.09. The zero-order valence-electron chi connectivity index (χ0n) is 10.7. The summed E-state index contributed by atoms with van der Waals surface area (Å²) in [7, 11) is 1.67. The van der Waals surface area contributed by atoms with E-state index in [9.17, 15) is 5.11 Å². The van der Waals surface area contributed by atoms with E-state index < -0.39 is 0 Å². The van der Waals surface area contributed by atoms with Gasteiger partial charge in [-0.15, -0.1) is 0 Å². The van der Waals surface area contributed by atoms with Gasteiger partial charge in [0.1, 0.15) is 5.75 Å². The third kappa shape index (κ3) is 5.46. The fraction of sp³-hybridized carbons (Fsp3) is 0.571. The van der Waals surface area contributed by atoms with Gasteiger partial charge in [-0.1, -0.05) is 19.1 Å². The van der Waals surface area contributed by atoms with Crippen LogP contribution >= 0.6 is 11.8 Å². The Kier molecular flexibility index (Phi) is 7.13. The molecule has 2 nitrogen and oxygen atoms in total. The molecule has 0 amide bonds. The minimum absolute atomic E-state index is 0.274. The maximum atomic E-state index is 9.35. The Morgan fingerprint density at radius 2 is 2.00 bits per heavy atom. The molecule has 1 atom stereocenters. The van der Waals surface area contributed by atoms with Crippen molar-refractivity contribution in [3.63, 3.8) is 0 Å². The molecule has 1 unspecified atom stereocenters. The summed E-state index contributed by atoms with van der Waals surface area (Å²) < 4.78 is 5.13. The lowest BCUT2D eigenvalue weighted by Gasteiger charge is -2.14. The summed E-state index contributed by atoms with van der Waals surface area (Å²) in [6.45, 7) is 2.44. The number of methoxy groups -OCH3 is 1. The molecule has 1 N–H and O–H groups in total. The van der Waals surface area contributed by atoms with Gasteiger partial charge in [0.15, 0.2) is 0 Å². The van der Waals surface area contributed by atoms with Crippen LogP contribution in [0.1, 0.15) is 18.9 Å². The third-order valence-electron chi connectivity index (χ3n) is 2.82. The summed E-state index contributed by atoms with van der Waals surface area (Å²) in [6.07, 6.45) is 2.03. The van der Waals surface area contributed by atoms with Crippen molar-refractivity contribution < 1.29 is 9.84 Å². The summed E-state index contributed by atoms with van der Waals surface area (Å²) in [5.41, 5.74) is 1.27. The Morgan fingerprint density at radius 3 is 2.53 bits per heavy atom. The second-order valence-corrected chi connectivity index (χ2v) is 5.48. The molecular weight excluding hydrogens is 232 g/mol. The number of aliphatic hydroxyl groups is 1. The zero-order chi connectivity index (χ0) is 12.5. The molecule has 1 aromatic carbocycles. The van der Waals surface area contributed by atoms with Gasteiger partial charge in [-0.3, -0.25) is 0 Å². The van der Waals surface area contributed by atoms with Gasteiger partial charge < -0.3 is 9.84 Å².